The molecule has 1 aromatic heterocycles. The fraction of sp³-hybridized carbons (Fsp3) is 0.750. The molecule has 1 aromatic rings. The Bertz CT molecular complexity index is 387. The average Bonchev–Trinajstić information content (AvgIpc) is 2.97. The molecule has 1 aliphatic heterocycles. The number of aromatic nitrogens is 3. The quantitative estimate of drug-likeness (QED) is 0.680. The van der Waals surface area contributed by atoms with E-state index in [2.05, 4.69) is 15.6 Å². The summed E-state index contributed by atoms with van der Waals surface area (Å²) in [6.07, 6.45) is 5.69. The summed E-state index contributed by atoms with van der Waals surface area (Å²) in [6.45, 7) is 2.98. The Morgan fingerprint density at radius 1 is 1.47 bits per heavy atom. The zero-order chi connectivity index (χ0) is 13.6. The van der Waals surface area contributed by atoms with E-state index in [1.54, 1.807) is 10.9 Å². The fourth-order valence-electron chi connectivity index (χ4n) is 2.27. The standard InChI is InChI=1S/C12H21N5O2/c13-10-12(2-8-19-9-3-12)11(18)14-4-1-6-17-7-5-15-16-17/h5,7H,1-4,6,8-10,13H2,(H,14,18). The normalized spacial score (nSPS) is 18.2. The second kappa shape index (κ2) is 6.63. The SMILES string of the molecule is NCC1(C(=O)NCCCn2ccnn2)CCOCC1. The summed E-state index contributed by atoms with van der Waals surface area (Å²) in [5.41, 5.74) is 5.34. The van der Waals surface area contributed by atoms with Crippen LogP contribution in [-0.4, -0.2) is 47.2 Å². The maximum Gasteiger partial charge on any atom is 0.227 e. The van der Waals surface area contributed by atoms with Crippen LogP contribution >= 0.6 is 0 Å². The highest BCUT2D eigenvalue weighted by Gasteiger charge is 2.38. The molecule has 3 N–H and O–H groups in total. The van der Waals surface area contributed by atoms with Crippen LogP contribution in [0, 0.1) is 5.41 Å². The van der Waals surface area contributed by atoms with Gasteiger partial charge in [-0.25, -0.2) is 0 Å². The van der Waals surface area contributed by atoms with Crippen molar-refractivity contribution >= 4 is 5.91 Å². The van der Waals surface area contributed by atoms with Gasteiger partial charge in [0.25, 0.3) is 0 Å². The van der Waals surface area contributed by atoms with Crippen LogP contribution < -0.4 is 11.1 Å². The van der Waals surface area contributed by atoms with Crippen molar-refractivity contribution in [3.63, 3.8) is 0 Å². The number of rotatable bonds is 6. The molecule has 0 unspecified atom stereocenters. The van der Waals surface area contributed by atoms with Crippen LogP contribution in [0.2, 0.25) is 0 Å². The number of nitrogens with zero attached hydrogens (tertiary/aromatic N) is 3. The van der Waals surface area contributed by atoms with Crippen molar-refractivity contribution in [3.8, 4) is 0 Å². The predicted molar refractivity (Wildman–Crippen MR) is 69.2 cm³/mol. The first-order valence-electron chi connectivity index (χ1n) is 6.67. The number of nitrogens with one attached hydrogen (secondary N) is 1. The van der Waals surface area contributed by atoms with Gasteiger partial charge in [-0.2, -0.15) is 0 Å². The number of hydrogen-bond donors (Lipinski definition) is 2. The minimum Gasteiger partial charge on any atom is -0.381 e. The fourth-order valence-corrected chi connectivity index (χ4v) is 2.27. The number of carbonyl (C=O) groups is 1. The van der Waals surface area contributed by atoms with E-state index in [0.717, 1.165) is 13.0 Å². The van der Waals surface area contributed by atoms with Crippen molar-refractivity contribution in [2.24, 2.45) is 11.1 Å². The van der Waals surface area contributed by atoms with Crippen LogP contribution in [0.15, 0.2) is 12.4 Å². The molecule has 2 heterocycles. The van der Waals surface area contributed by atoms with Gasteiger partial charge in [0.1, 0.15) is 0 Å². The number of carbonyl (C=O) groups excluding carboxylic acids is 1. The molecule has 0 saturated carbocycles. The third kappa shape index (κ3) is 3.51. The van der Waals surface area contributed by atoms with Crippen LogP contribution in [0.3, 0.4) is 0 Å². The number of hydrogen-bond acceptors (Lipinski definition) is 5. The lowest BCUT2D eigenvalue weighted by molar-refractivity contribution is -0.135. The molecule has 0 bridgehead atoms. The van der Waals surface area contributed by atoms with E-state index in [1.165, 1.54) is 0 Å². The smallest absolute Gasteiger partial charge is 0.227 e. The molecule has 19 heavy (non-hydrogen) atoms. The highest BCUT2D eigenvalue weighted by molar-refractivity contribution is 5.83. The zero-order valence-electron chi connectivity index (χ0n) is 11.0. The highest BCUT2D eigenvalue weighted by atomic mass is 16.5. The third-order valence-electron chi connectivity index (χ3n) is 3.64. The maximum atomic E-state index is 12.2. The third-order valence-corrected chi connectivity index (χ3v) is 3.64. The molecule has 1 amide bonds. The van der Waals surface area contributed by atoms with E-state index >= 15 is 0 Å². The van der Waals surface area contributed by atoms with E-state index in [4.69, 9.17) is 10.5 Å². The van der Waals surface area contributed by atoms with Gasteiger partial charge in [-0.05, 0) is 19.3 Å². The zero-order valence-corrected chi connectivity index (χ0v) is 11.0. The molecule has 1 fully saturated rings. The van der Waals surface area contributed by atoms with E-state index in [1.807, 2.05) is 6.20 Å². The van der Waals surface area contributed by atoms with E-state index in [-0.39, 0.29) is 5.91 Å². The van der Waals surface area contributed by atoms with Crippen molar-refractivity contribution in [3.05, 3.63) is 12.4 Å². The Morgan fingerprint density at radius 3 is 2.89 bits per heavy atom. The second-order valence-electron chi connectivity index (χ2n) is 4.87. The van der Waals surface area contributed by atoms with Crippen molar-refractivity contribution in [1.82, 2.24) is 20.3 Å². The lowest BCUT2D eigenvalue weighted by Crippen LogP contribution is -2.49. The summed E-state index contributed by atoms with van der Waals surface area (Å²) < 4.78 is 7.05. The highest BCUT2D eigenvalue weighted by Crippen LogP contribution is 2.29. The van der Waals surface area contributed by atoms with Gasteiger partial charge in [0.15, 0.2) is 0 Å². The van der Waals surface area contributed by atoms with E-state index < -0.39 is 5.41 Å². The first kappa shape index (κ1) is 14.0. The summed E-state index contributed by atoms with van der Waals surface area (Å²) in [4.78, 5) is 12.2. The minimum absolute atomic E-state index is 0.0527. The van der Waals surface area contributed by atoms with Crippen LogP contribution in [0.5, 0.6) is 0 Å². The summed E-state index contributed by atoms with van der Waals surface area (Å²) in [5, 5.41) is 10.6. The molecule has 0 aliphatic carbocycles. The first-order chi connectivity index (χ1) is 9.27. The largest absolute Gasteiger partial charge is 0.381 e. The monoisotopic (exact) mass is 267 g/mol. The van der Waals surface area contributed by atoms with Crippen LogP contribution in [0.1, 0.15) is 19.3 Å². The number of nitrogens with two attached hydrogens (primary N) is 1. The summed E-state index contributed by atoms with van der Waals surface area (Å²) in [7, 11) is 0. The van der Waals surface area contributed by atoms with Crippen LogP contribution in [-0.2, 0) is 16.1 Å². The van der Waals surface area contributed by atoms with Gasteiger partial charge in [0.05, 0.1) is 11.6 Å². The van der Waals surface area contributed by atoms with Crippen LogP contribution in [0.25, 0.3) is 0 Å². The number of amides is 1. The Balaban J connectivity index is 1.73. The van der Waals surface area contributed by atoms with Crippen molar-refractivity contribution < 1.29 is 9.53 Å². The minimum atomic E-state index is -0.439. The number of ether oxygens (including phenoxy) is 1. The molecule has 7 heteroatoms. The van der Waals surface area contributed by atoms with Gasteiger partial charge < -0.3 is 15.8 Å². The van der Waals surface area contributed by atoms with Gasteiger partial charge in [-0.1, -0.05) is 5.21 Å². The molecule has 0 spiro atoms. The molecule has 0 atom stereocenters. The lowest BCUT2D eigenvalue weighted by Gasteiger charge is -2.34. The molecule has 0 radical (unpaired) electrons. The van der Waals surface area contributed by atoms with Gasteiger partial charge in [0, 0.05) is 39.0 Å². The molecule has 106 valence electrons. The Morgan fingerprint density at radius 2 is 2.26 bits per heavy atom. The first-order valence-corrected chi connectivity index (χ1v) is 6.67. The van der Waals surface area contributed by atoms with Gasteiger partial charge in [-0.3, -0.25) is 9.48 Å². The summed E-state index contributed by atoms with van der Waals surface area (Å²) in [6, 6.07) is 0. The number of aryl methyl sites for hydroxylation is 1. The predicted octanol–water partition coefficient (Wildman–Crippen LogP) is -0.460. The Labute approximate surface area is 112 Å². The lowest BCUT2D eigenvalue weighted by atomic mass is 9.79. The van der Waals surface area contributed by atoms with Crippen molar-refractivity contribution in [2.75, 3.05) is 26.3 Å². The van der Waals surface area contributed by atoms with Gasteiger partial charge >= 0.3 is 0 Å². The summed E-state index contributed by atoms with van der Waals surface area (Å²) >= 11 is 0. The van der Waals surface area contributed by atoms with E-state index in [9.17, 15) is 4.79 Å². The average molecular weight is 267 g/mol. The Kier molecular flexibility index (Phi) is 4.86. The van der Waals surface area contributed by atoms with Gasteiger partial charge in [0.2, 0.25) is 5.91 Å². The second-order valence-corrected chi connectivity index (χ2v) is 4.87. The van der Waals surface area contributed by atoms with Crippen molar-refractivity contribution in [1.29, 1.82) is 0 Å². The van der Waals surface area contributed by atoms with Crippen molar-refractivity contribution in [2.45, 2.75) is 25.8 Å². The molecular weight excluding hydrogens is 246 g/mol. The molecule has 2 rings (SSSR count). The molecule has 7 nitrogen and oxygen atoms in total. The van der Waals surface area contributed by atoms with Crippen LogP contribution in [0.4, 0.5) is 0 Å². The molecular formula is C12H21N5O2. The maximum absolute atomic E-state index is 12.2. The summed E-state index contributed by atoms with van der Waals surface area (Å²) in [5.74, 6) is 0.0527. The Hall–Kier alpha value is -1.47. The van der Waals surface area contributed by atoms with E-state index in [0.29, 0.717) is 39.1 Å². The molecule has 1 saturated heterocycles. The topological polar surface area (TPSA) is 95.1 Å². The van der Waals surface area contributed by atoms with Gasteiger partial charge in [-0.15, -0.1) is 5.10 Å². The molecule has 1 aliphatic rings. The molecule has 0 aromatic carbocycles.